The molecule has 1 aliphatic heterocycles. The van der Waals surface area contributed by atoms with Crippen molar-refractivity contribution < 1.29 is 24.1 Å². The number of nitrogens with zero attached hydrogens (tertiary/aromatic N) is 4. The zero-order valence-corrected chi connectivity index (χ0v) is 19.5. The number of benzene rings is 2. The number of methoxy groups -OCH3 is 2. The van der Waals surface area contributed by atoms with Crippen molar-refractivity contribution in [3.8, 4) is 22.9 Å². The Bertz CT molecular complexity index is 1180. The van der Waals surface area contributed by atoms with Crippen molar-refractivity contribution in [1.29, 1.82) is 0 Å². The number of carboxylic acid groups (broad SMARTS) is 1. The summed E-state index contributed by atoms with van der Waals surface area (Å²) >= 11 is 6.46. The lowest BCUT2D eigenvalue weighted by molar-refractivity contribution is -0.0420. The van der Waals surface area contributed by atoms with Gasteiger partial charge in [-0.3, -0.25) is 4.90 Å². The minimum Gasteiger partial charge on any atom is -0.497 e. The summed E-state index contributed by atoms with van der Waals surface area (Å²) in [6.45, 7) is 4.15. The van der Waals surface area contributed by atoms with E-state index in [1.807, 2.05) is 24.3 Å². The van der Waals surface area contributed by atoms with Gasteiger partial charge in [0.1, 0.15) is 23.6 Å². The fraction of sp³-hybridized carbons (Fsp3) is 0.348. The standard InChI is InChI=1S/C23H25ClN4O5/c1-23(2)28(22(29)30)19(12-33-23)14-6-8-18(24)17(9-14)21-25-13-27(26-21)11-15-5-7-16(31-3)10-20(15)32-4/h5-10,13,19H,11-12H2,1-4H3,(H,29,30). The van der Waals surface area contributed by atoms with Crippen LogP contribution in [0.4, 0.5) is 4.79 Å². The van der Waals surface area contributed by atoms with Gasteiger partial charge in [0.15, 0.2) is 5.82 Å². The highest BCUT2D eigenvalue weighted by atomic mass is 35.5. The molecule has 0 saturated carbocycles. The van der Waals surface area contributed by atoms with Gasteiger partial charge in [-0.05, 0) is 43.7 Å². The van der Waals surface area contributed by atoms with Crippen LogP contribution in [0, 0.1) is 0 Å². The Balaban J connectivity index is 1.62. The lowest BCUT2D eigenvalue weighted by atomic mass is 10.0. The molecule has 0 bridgehead atoms. The van der Waals surface area contributed by atoms with Gasteiger partial charge in [-0.15, -0.1) is 0 Å². The molecule has 1 fully saturated rings. The van der Waals surface area contributed by atoms with Crippen LogP contribution in [0.15, 0.2) is 42.7 Å². The molecule has 1 aromatic heterocycles. The SMILES string of the molecule is COc1ccc(Cn2cnc(-c3cc(C4COC(C)(C)N4C(=O)O)ccc3Cl)n2)c(OC)c1. The zero-order chi connectivity index (χ0) is 23.8. The summed E-state index contributed by atoms with van der Waals surface area (Å²) in [5.74, 6) is 1.83. The van der Waals surface area contributed by atoms with E-state index in [-0.39, 0.29) is 6.61 Å². The summed E-state index contributed by atoms with van der Waals surface area (Å²) < 4.78 is 18.1. The van der Waals surface area contributed by atoms with Gasteiger partial charge in [-0.1, -0.05) is 17.7 Å². The summed E-state index contributed by atoms with van der Waals surface area (Å²) in [6, 6.07) is 10.5. The molecular formula is C23H25ClN4O5. The second-order valence-electron chi connectivity index (χ2n) is 8.11. The Morgan fingerprint density at radius 3 is 2.73 bits per heavy atom. The monoisotopic (exact) mass is 472 g/mol. The Kier molecular flexibility index (Phi) is 6.18. The van der Waals surface area contributed by atoms with Crippen LogP contribution >= 0.6 is 11.6 Å². The van der Waals surface area contributed by atoms with Crippen LogP contribution in [0.3, 0.4) is 0 Å². The quantitative estimate of drug-likeness (QED) is 0.565. The van der Waals surface area contributed by atoms with E-state index in [4.69, 9.17) is 25.8 Å². The molecule has 3 aromatic rings. The van der Waals surface area contributed by atoms with Gasteiger partial charge in [0.25, 0.3) is 0 Å². The predicted octanol–water partition coefficient (Wildman–Crippen LogP) is 4.45. The number of amides is 1. The van der Waals surface area contributed by atoms with Crippen molar-refractivity contribution in [2.45, 2.75) is 32.2 Å². The topological polar surface area (TPSA) is 98.9 Å². The third kappa shape index (κ3) is 4.46. The normalized spacial score (nSPS) is 17.2. The van der Waals surface area contributed by atoms with Gasteiger partial charge in [0.2, 0.25) is 0 Å². The van der Waals surface area contributed by atoms with Crippen molar-refractivity contribution in [2.24, 2.45) is 0 Å². The molecular weight excluding hydrogens is 448 g/mol. The Morgan fingerprint density at radius 2 is 2.03 bits per heavy atom. The molecule has 33 heavy (non-hydrogen) atoms. The molecule has 174 valence electrons. The van der Waals surface area contributed by atoms with Gasteiger partial charge in [-0.2, -0.15) is 5.10 Å². The maximum Gasteiger partial charge on any atom is 0.410 e. The molecule has 10 heteroatoms. The minimum atomic E-state index is -1.05. The summed E-state index contributed by atoms with van der Waals surface area (Å²) in [7, 11) is 3.20. The number of rotatable bonds is 6. The predicted molar refractivity (Wildman–Crippen MR) is 122 cm³/mol. The maximum atomic E-state index is 11.9. The first-order chi connectivity index (χ1) is 15.7. The Morgan fingerprint density at radius 1 is 1.24 bits per heavy atom. The summed E-state index contributed by atoms with van der Waals surface area (Å²) in [5.41, 5.74) is 1.37. The van der Waals surface area contributed by atoms with Gasteiger partial charge in [0.05, 0.1) is 38.4 Å². The minimum absolute atomic E-state index is 0.250. The summed E-state index contributed by atoms with van der Waals surface area (Å²) in [5, 5.41) is 14.8. The first kappa shape index (κ1) is 22.9. The van der Waals surface area contributed by atoms with E-state index >= 15 is 0 Å². The third-order valence-corrected chi connectivity index (χ3v) is 6.00. The smallest absolute Gasteiger partial charge is 0.410 e. The number of hydrogen-bond acceptors (Lipinski definition) is 6. The summed E-state index contributed by atoms with van der Waals surface area (Å²) in [6.07, 6.45) is 0.572. The molecule has 1 amide bonds. The van der Waals surface area contributed by atoms with E-state index in [0.29, 0.717) is 34.5 Å². The van der Waals surface area contributed by atoms with Gasteiger partial charge < -0.3 is 19.3 Å². The second-order valence-corrected chi connectivity index (χ2v) is 8.52. The third-order valence-electron chi connectivity index (χ3n) is 5.67. The number of hydrogen-bond donors (Lipinski definition) is 1. The van der Waals surface area contributed by atoms with Crippen molar-refractivity contribution in [1.82, 2.24) is 19.7 Å². The fourth-order valence-corrected chi connectivity index (χ4v) is 4.19. The van der Waals surface area contributed by atoms with E-state index in [1.165, 1.54) is 4.90 Å². The van der Waals surface area contributed by atoms with Gasteiger partial charge in [0, 0.05) is 17.2 Å². The van der Waals surface area contributed by atoms with Gasteiger partial charge in [-0.25, -0.2) is 14.5 Å². The van der Waals surface area contributed by atoms with Crippen molar-refractivity contribution in [3.05, 3.63) is 58.9 Å². The first-order valence-electron chi connectivity index (χ1n) is 10.3. The number of halogens is 1. The molecule has 4 rings (SSSR count). The highest BCUT2D eigenvalue weighted by molar-refractivity contribution is 6.33. The molecule has 0 radical (unpaired) electrons. The molecule has 1 aliphatic rings. The van der Waals surface area contributed by atoms with Crippen LogP contribution in [0.25, 0.3) is 11.4 Å². The molecule has 0 spiro atoms. The van der Waals surface area contributed by atoms with Crippen molar-refractivity contribution in [3.63, 3.8) is 0 Å². The molecule has 1 saturated heterocycles. The first-order valence-corrected chi connectivity index (χ1v) is 10.7. The molecule has 1 unspecified atom stereocenters. The van der Waals surface area contributed by atoms with E-state index in [1.54, 1.807) is 51.2 Å². The van der Waals surface area contributed by atoms with Crippen LogP contribution < -0.4 is 9.47 Å². The van der Waals surface area contributed by atoms with Crippen LogP contribution in [0.1, 0.15) is 31.0 Å². The number of carbonyl (C=O) groups is 1. The maximum absolute atomic E-state index is 11.9. The largest absolute Gasteiger partial charge is 0.497 e. The fourth-order valence-electron chi connectivity index (χ4n) is 3.98. The van der Waals surface area contributed by atoms with Crippen LogP contribution in [0.5, 0.6) is 11.5 Å². The second kappa shape index (κ2) is 8.92. The van der Waals surface area contributed by atoms with Crippen LogP contribution in [-0.4, -0.2) is 57.4 Å². The molecule has 0 aliphatic carbocycles. The average Bonchev–Trinajstić information content (AvgIpc) is 3.37. The highest BCUT2D eigenvalue weighted by Crippen LogP contribution is 2.39. The lowest BCUT2D eigenvalue weighted by Crippen LogP contribution is -2.44. The Labute approximate surface area is 196 Å². The molecule has 2 heterocycles. The van der Waals surface area contributed by atoms with E-state index in [0.717, 1.165) is 11.1 Å². The lowest BCUT2D eigenvalue weighted by Gasteiger charge is -2.31. The summed E-state index contributed by atoms with van der Waals surface area (Å²) in [4.78, 5) is 17.6. The highest BCUT2D eigenvalue weighted by Gasteiger charge is 2.44. The molecule has 1 atom stereocenters. The van der Waals surface area contributed by atoms with E-state index in [9.17, 15) is 9.90 Å². The van der Waals surface area contributed by atoms with Gasteiger partial charge >= 0.3 is 6.09 Å². The molecule has 2 aromatic carbocycles. The molecule has 1 N–H and O–H groups in total. The van der Waals surface area contributed by atoms with Crippen LogP contribution in [0.2, 0.25) is 5.02 Å². The van der Waals surface area contributed by atoms with Crippen LogP contribution in [-0.2, 0) is 11.3 Å². The van der Waals surface area contributed by atoms with E-state index in [2.05, 4.69) is 10.1 Å². The Hall–Kier alpha value is -3.30. The number of ether oxygens (including phenoxy) is 3. The van der Waals surface area contributed by atoms with Crippen molar-refractivity contribution in [2.75, 3.05) is 20.8 Å². The zero-order valence-electron chi connectivity index (χ0n) is 18.8. The average molecular weight is 473 g/mol. The van der Waals surface area contributed by atoms with Crippen molar-refractivity contribution >= 4 is 17.7 Å². The number of aromatic nitrogens is 3. The molecule has 9 nitrogen and oxygen atoms in total. The van der Waals surface area contributed by atoms with E-state index < -0.39 is 17.9 Å².